The molecule has 6 heteroatoms. The van der Waals surface area contributed by atoms with E-state index >= 15 is 0 Å². The predicted molar refractivity (Wildman–Crippen MR) is 146 cm³/mol. The van der Waals surface area contributed by atoms with Crippen LogP contribution in [-0.4, -0.2) is 40.6 Å². The number of hydrogen-bond acceptors (Lipinski definition) is 3. The molecule has 0 radical (unpaired) electrons. The summed E-state index contributed by atoms with van der Waals surface area (Å²) in [4.78, 5) is 25.9. The standard InChI is InChI=1S/C31H34ClNO4/c1-21(2)25-10-7-23(8-11-25)18-31(3)19-26-15-24(9-12-28(26)37-31)17-29(34)33(20-30(35)36)14-13-22-5-4-6-27(32)16-22/h4-12,15-16,21H,13-14,17-20H2,1-3H3,(H,35,36). The van der Waals surface area contributed by atoms with Crippen molar-refractivity contribution in [1.82, 2.24) is 4.90 Å². The van der Waals surface area contributed by atoms with Gasteiger partial charge in [0.25, 0.3) is 0 Å². The van der Waals surface area contributed by atoms with Crippen LogP contribution in [0.5, 0.6) is 5.75 Å². The largest absolute Gasteiger partial charge is 0.487 e. The van der Waals surface area contributed by atoms with Crippen LogP contribution in [0, 0.1) is 0 Å². The number of carboxylic acid groups (broad SMARTS) is 1. The highest BCUT2D eigenvalue weighted by Gasteiger charge is 2.35. The number of fused-ring (bicyclic) bond motifs is 1. The molecule has 194 valence electrons. The van der Waals surface area contributed by atoms with Crippen LogP contribution in [0.3, 0.4) is 0 Å². The van der Waals surface area contributed by atoms with E-state index in [0.29, 0.717) is 23.9 Å². The van der Waals surface area contributed by atoms with Crippen LogP contribution >= 0.6 is 11.6 Å². The van der Waals surface area contributed by atoms with Crippen LogP contribution in [0.15, 0.2) is 66.7 Å². The van der Waals surface area contributed by atoms with Gasteiger partial charge in [0.1, 0.15) is 17.9 Å². The van der Waals surface area contributed by atoms with E-state index in [4.69, 9.17) is 16.3 Å². The first-order valence-corrected chi connectivity index (χ1v) is 13.1. The first-order valence-electron chi connectivity index (χ1n) is 12.7. The number of nitrogens with zero attached hydrogens (tertiary/aromatic N) is 1. The summed E-state index contributed by atoms with van der Waals surface area (Å²) < 4.78 is 6.35. The molecule has 1 heterocycles. The first kappa shape index (κ1) is 26.7. The Morgan fingerprint density at radius 2 is 1.76 bits per heavy atom. The van der Waals surface area contributed by atoms with Gasteiger partial charge in [-0.2, -0.15) is 0 Å². The van der Waals surface area contributed by atoms with Crippen molar-refractivity contribution in [3.63, 3.8) is 0 Å². The van der Waals surface area contributed by atoms with Gasteiger partial charge in [-0.3, -0.25) is 9.59 Å². The van der Waals surface area contributed by atoms with Gasteiger partial charge in [-0.15, -0.1) is 0 Å². The fourth-order valence-corrected chi connectivity index (χ4v) is 5.15. The number of benzene rings is 3. The van der Waals surface area contributed by atoms with Crippen molar-refractivity contribution in [1.29, 1.82) is 0 Å². The Morgan fingerprint density at radius 1 is 1.03 bits per heavy atom. The van der Waals surface area contributed by atoms with E-state index in [9.17, 15) is 14.7 Å². The second kappa shape index (κ2) is 11.4. The Hall–Kier alpha value is -3.31. The van der Waals surface area contributed by atoms with Gasteiger partial charge in [0.05, 0.1) is 6.42 Å². The second-order valence-corrected chi connectivity index (χ2v) is 10.9. The third-order valence-electron chi connectivity index (χ3n) is 6.86. The Labute approximate surface area is 224 Å². The minimum absolute atomic E-state index is 0.142. The number of ether oxygens (including phenoxy) is 1. The molecule has 0 bridgehead atoms. The minimum atomic E-state index is -1.03. The fraction of sp³-hybridized carbons (Fsp3) is 0.355. The molecule has 0 spiro atoms. The summed E-state index contributed by atoms with van der Waals surface area (Å²) in [5.74, 6) is 0.108. The summed E-state index contributed by atoms with van der Waals surface area (Å²) in [5.41, 5.74) is 5.11. The van der Waals surface area contributed by atoms with E-state index in [-0.39, 0.29) is 24.5 Å². The smallest absolute Gasteiger partial charge is 0.323 e. The Morgan fingerprint density at radius 3 is 2.43 bits per heavy atom. The van der Waals surface area contributed by atoms with Gasteiger partial charge in [0.2, 0.25) is 5.91 Å². The molecule has 1 unspecified atom stereocenters. The van der Waals surface area contributed by atoms with E-state index < -0.39 is 5.97 Å². The number of hydrogen-bond donors (Lipinski definition) is 1. The lowest BCUT2D eigenvalue weighted by Crippen LogP contribution is -2.38. The van der Waals surface area contributed by atoms with Crippen LogP contribution in [0.1, 0.15) is 54.5 Å². The lowest BCUT2D eigenvalue weighted by atomic mass is 9.90. The van der Waals surface area contributed by atoms with Gasteiger partial charge in [-0.1, -0.05) is 74.0 Å². The van der Waals surface area contributed by atoms with Crippen LogP contribution in [0.25, 0.3) is 0 Å². The molecule has 0 aliphatic carbocycles. The van der Waals surface area contributed by atoms with E-state index in [1.807, 2.05) is 36.4 Å². The monoisotopic (exact) mass is 519 g/mol. The van der Waals surface area contributed by atoms with Crippen molar-refractivity contribution >= 4 is 23.5 Å². The molecule has 0 fully saturated rings. The van der Waals surface area contributed by atoms with Crippen LogP contribution in [0.4, 0.5) is 0 Å². The van der Waals surface area contributed by atoms with Crippen molar-refractivity contribution in [2.75, 3.05) is 13.1 Å². The Kier molecular flexibility index (Phi) is 8.23. The molecule has 0 saturated heterocycles. The lowest BCUT2D eigenvalue weighted by Gasteiger charge is -2.24. The number of amides is 1. The molecule has 37 heavy (non-hydrogen) atoms. The molecule has 1 N–H and O–H groups in total. The van der Waals surface area contributed by atoms with Gasteiger partial charge < -0.3 is 14.7 Å². The third-order valence-corrected chi connectivity index (χ3v) is 7.10. The van der Waals surface area contributed by atoms with E-state index in [0.717, 1.165) is 35.3 Å². The number of rotatable bonds is 10. The molecule has 1 aliphatic rings. The summed E-state index contributed by atoms with van der Waals surface area (Å²) in [6, 6.07) is 22.0. The summed E-state index contributed by atoms with van der Waals surface area (Å²) in [6.45, 7) is 6.48. The highest BCUT2D eigenvalue weighted by atomic mass is 35.5. The quantitative estimate of drug-likeness (QED) is 0.351. The molecule has 0 saturated carbocycles. The molecule has 0 aromatic heterocycles. The summed E-state index contributed by atoms with van der Waals surface area (Å²) in [5, 5.41) is 9.98. The molecule has 5 nitrogen and oxygen atoms in total. The van der Waals surface area contributed by atoms with Crippen molar-refractivity contribution in [2.24, 2.45) is 0 Å². The molecule has 3 aromatic carbocycles. The first-order chi connectivity index (χ1) is 17.6. The van der Waals surface area contributed by atoms with Gasteiger partial charge in [-0.05, 0) is 65.3 Å². The fourth-order valence-electron chi connectivity index (χ4n) is 4.93. The maximum absolute atomic E-state index is 13.1. The number of carboxylic acids is 1. The molecule has 1 aliphatic heterocycles. The number of aliphatic carboxylic acids is 1. The van der Waals surface area contributed by atoms with Crippen molar-refractivity contribution < 1.29 is 19.4 Å². The molecular weight excluding hydrogens is 486 g/mol. The van der Waals surface area contributed by atoms with E-state index in [2.05, 4.69) is 45.0 Å². The molecule has 1 amide bonds. The average Bonchev–Trinajstić information content (AvgIpc) is 3.16. The average molecular weight is 520 g/mol. The van der Waals surface area contributed by atoms with Gasteiger partial charge >= 0.3 is 5.97 Å². The number of halogens is 1. The van der Waals surface area contributed by atoms with Gasteiger partial charge in [-0.25, -0.2) is 0 Å². The minimum Gasteiger partial charge on any atom is -0.487 e. The molecule has 3 aromatic rings. The second-order valence-electron chi connectivity index (χ2n) is 10.5. The van der Waals surface area contributed by atoms with Crippen LogP contribution in [0.2, 0.25) is 5.02 Å². The van der Waals surface area contributed by atoms with Crippen molar-refractivity contribution in [2.45, 2.75) is 58.0 Å². The predicted octanol–water partition coefficient (Wildman–Crippen LogP) is 6.10. The lowest BCUT2D eigenvalue weighted by molar-refractivity contribution is -0.144. The maximum atomic E-state index is 13.1. The third kappa shape index (κ3) is 7.14. The summed E-state index contributed by atoms with van der Waals surface area (Å²) in [7, 11) is 0. The SMILES string of the molecule is CC(C)c1ccc(CC2(C)Cc3cc(CC(=O)N(CCc4cccc(Cl)c4)CC(=O)O)ccc3O2)cc1. The Balaban J connectivity index is 1.40. The van der Waals surface area contributed by atoms with E-state index in [1.165, 1.54) is 16.0 Å². The van der Waals surface area contributed by atoms with Crippen LogP contribution in [-0.2, 0) is 35.3 Å². The molecular formula is C31H34ClNO4. The highest BCUT2D eigenvalue weighted by Crippen LogP contribution is 2.37. The zero-order valence-corrected chi connectivity index (χ0v) is 22.4. The van der Waals surface area contributed by atoms with Crippen molar-refractivity contribution in [3.05, 3.63) is 99.6 Å². The number of carbonyl (C=O) groups is 2. The summed E-state index contributed by atoms with van der Waals surface area (Å²) in [6.07, 6.45) is 2.23. The van der Waals surface area contributed by atoms with Crippen LogP contribution < -0.4 is 4.74 Å². The molecule has 1 atom stereocenters. The normalized spacial score (nSPS) is 16.4. The molecule has 4 rings (SSSR count). The van der Waals surface area contributed by atoms with E-state index in [1.54, 1.807) is 6.07 Å². The Bertz CT molecular complexity index is 1270. The van der Waals surface area contributed by atoms with Gasteiger partial charge in [0.15, 0.2) is 0 Å². The topological polar surface area (TPSA) is 66.8 Å². The summed E-state index contributed by atoms with van der Waals surface area (Å²) >= 11 is 6.06. The maximum Gasteiger partial charge on any atom is 0.323 e. The van der Waals surface area contributed by atoms with Gasteiger partial charge in [0, 0.05) is 24.4 Å². The highest BCUT2D eigenvalue weighted by molar-refractivity contribution is 6.30. The number of carbonyl (C=O) groups excluding carboxylic acids is 1. The van der Waals surface area contributed by atoms with Crippen molar-refractivity contribution in [3.8, 4) is 5.75 Å². The zero-order chi connectivity index (χ0) is 26.6. The zero-order valence-electron chi connectivity index (χ0n) is 21.7.